The third-order valence-electron chi connectivity index (χ3n) is 4.16. The Morgan fingerprint density at radius 1 is 1.04 bits per heavy atom. The molecule has 7 heteroatoms. The molecule has 2 N–H and O–H groups in total. The summed E-state index contributed by atoms with van der Waals surface area (Å²) in [5.74, 6) is -0.265. The Bertz CT molecular complexity index is 1040. The fourth-order valence-electron chi connectivity index (χ4n) is 2.72. The molecule has 1 heterocycles. The highest BCUT2D eigenvalue weighted by molar-refractivity contribution is 9.10. The van der Waals surface area contributed by atoms with Crippen molar-refractivity contribution in [3.63, 3.8) is 0 Å². The van der Waals surface area contributed by atoms with Crippen LogP contribution in [-0.4, -0.2) is 29.1 Å². The van der Waals surface area contributed by atoms with Gasteiger partial charge in [0.25, 0.3) is 0 Å². The van der Waals surface area contributed by atoms with E-state index in [1.54, 1.807) is 0 Å². The normalized spacial score (nSPS) is 10.7. The number of fused-ring (bicyclic) bond motifs is 1. The maximum absolute atomic E-state index is 12.1. The average molecular weight is 458 g/mol. The van der Waals surface area contributed by atoms with Crippen LogP contribution >= 0.6 is 27.7 Å². The van der Waals surface area contributed by atoms with Crippen molar-refractivity contribution in [2.45, 2.75) is 18.9 Å². The predicted molar refractivity (Wildman–Crippen MR) is 118 cm³/mol. The number of para-hydroxylation sites is 1. The molecular weight excluding hydrogens is 438 g/mol. The number of aryl methyl sites for hydroxylation is 2. The average Bonchev–Trinajstić information content (AvgIpc) is 2.67. The lowest BCUT2D eigenvalue weighted by Crippen LogP contribution is -2.34. The molecule has 0 saturated carbocycles. The molecule has 28 heavy (non-hydrogen) atoms. The molecular formula is C21H20BrN3O2S. The lowest BCUT2D eigenvalue weighted by molar-refractivity contribution is -0.122. The number of hydrogen-bond acceptors (Lipinski definition) is 4. The van der Waals surface area contributed by atoms with Gasteiger partial charge in [0, 0.05) is 15.5 Å². The van der Waals surface area contributed by atoms with E-state index in [-0.39, 0.29) is 24.1 Å². The maximum atomic E-state index is 12.1. The fourth-order valence-corrected chi connectivity index (χ4v) is 4.00. The Kier molecular flexibility index (Phi) is 6.70. The van der Waals surface area contributed by atoms with E-state index < -0.39 is 0 Å². The van der Waals surface area contributed by atoms with Gasteiger partial charge in [-0.3, -0.25) is 9.59 Å². The summed E-state index contributed by atoms with van der Waals surface area (Å²) in [5.41, 5.74) is 3.71. The summed E-state index contributed by atoms with van der Waals surface area (Å²) in [7, 11) is 0. The third kappa shape index (κ3) is 5.33. The number of pyridine rings is 1. The predicted octanol–water partition coefficient (Wildman–Crippen LogP) is 4.46. The molecule has 5 nitrogen and oxygen atoms in total. The molecule has 144 valence electrons. The van der Waals surface area contributed by atoms with Crippen LogP contribution in [0.25, 0.3) is 10.9 Å². The van der Waals surface area contributed by atoms with Crippen molar-refractivity contribution in [1.82, 2.24) is 10.3 Å². The van der Waals surface area contributed by atoms with E-state index in [1.165, 1.54) is 11.8 Å². The van der Waals surface area contributed by atoms with Gasteiger partial charge in [-0.2, -0.15) is 0 Å². The number of rotatable bonds is 6. The molecule has 0 atom stereocenters. The van der Waals surface area contributed by atoms with Crippen molar-refractivity contribution in [3.8, 4) is 0 Å². The summed E-state index contributed by atoms with van der Waals surface area (Å²) in [6.07, 6.45) is 0. The number of nitrogens with zero attached hydrogens (tertiary/aromatic N) is 1. The second-order valence-corrected chi connectivity index (χ2v) is 8.28. The molecule has 2 amide bonds. The topological polar surface area (TPSA) is 71.1 Å². The standard InChI is InChI=1S/C21H20BrN3O2S/c1-13-10-21(25-18-6-4-3-5-16(13)18)28-12-20(27)23-11-19(26)24-17-8-7-15(22)9-14(17)2/h3-10H,11-12H2,1-2H3,(H,23,27)(H,24,26). The highest BCUT2D eigenvalue weighted by Crippen LogP contribution is 2.23. The molecule has 0 aliphatic rings. The van der Waals surface area contributed by atoms with Crippen molar-refractivity contribution < 1.29 is 9.59 Å². The smallest absolute Gasteiger partial charge is 0.243 e. The van der Waals surface area contributed by atoms with Gasteiger partial charge in [0.15, 0.2) is 0 Å². The third-order valence-corrected chi connectivity index (χ3v) is 5.56. The zero-order valence-corrected chi connectivity index (χ0v) is 18.0. The van der Waals surface area contributed by atoms with Gasteiger partial charge in [0.05, 0.1) is 22.8 Å². The Balaban J connectivity index is 1.50. The molecule has 0 saturated heterocycles. The number of carbonyl (C=O) groups excluding carboxylic acids is 2. The van der Waals surface area contributed by atoms with Crippen LogP contribution in [0.4, 0.5) is 5.69 Å². The molecule has 0 radical (unpaired) electrons. The molecule has 0 aliphatic carbocycles. The van der Waals surface area contributed by atoms with Crippen molar-refractivity contribution in [2.24, 2.45) is 0 Å². The van der Waals surface area contributed by atoms with Crippen molar-refractivity contribution in [3.05, 3.63) is 64.1 Å². The number of hydrogen-bond donors (Lipinski definition) is 2. The molecule has 3 rings (SSSR count). The minimum Gasteiger partial charge on any atom is -0.346 e. The van der Waals surface area contributed by atoms with Gasteiger partial charge >= 0.3 is 0 Å². The van der Waals surface area contributed by atoms with E-state index in [1.807, 2.05) is 62.4 Å². The van der Waals surface area contributed by atoms with Gasteiger partial charge in [-0.05, 0) is 55.3 Å². The van der Waals surface area contributed by atoms with E-state index >= 15 is 0 Å². The Morgan fingerprint density at radius 2 is 1.82 bits per heavy atom. The molecule has 0 bridgehead atoms. The lowest BCUT2D eigenvalue weighted by atomic mass is 10.1. The number of carbonyl (C=O) groups is 2. The van der Waals surface area contributed by atoms with E-state index in [9.17, 15) is 9.59 Å². The molecule has 2 aromatic carbocycles. The highest BCUT2D eigenvalue weighted by atomic mass is 79.9. The van der Waals surface area contributed by atoms with Crippen LogP contribution in [-0.2, 0) is 9.59 Å². The zero-order valence-electron chi connectivity index (χ0n) is 15.6. The summed E-state index contributed by atoms with van der Waals surface area (Å²) in [5, 5.41) is 7.35. The first kappa shape index (κ1) is 20.4. The van der Waals surface area contributed by atoms with Crippen LogP contribution in [0.3, 0.4) is 0 Å². The number of anilines is 1. The van der Waals surface area contributed by atoms with E-state index in [0.29, 0.717) is 0 Å². The molecule has 0 aliphatic heterocycles. The van der Waals surface area contributed by atoms with Crippen LogP contribution in [0.1, 0.15) is 11.1 Å². The molecule has 0 unspecified atom stereocenters. The van der Waals surface area contributed by atoms with Gasteiger partial charge < -0.3 is 10.6 Å². The molecule has 3 aromatic rings. The number of aromatic nitrogens is 1. The summed E-state index contributed by atoms with van der Waals surface area (Å²) in [6, 6.07) is 15.5. The zero-order chi connectivity index (χ0) is 20.1. The number of benzene rings is 2. The minimum atomic E-state index is -0.261. The van der Waals surface area contributed by atoms with Crippen LogP contribution < -0.4 is 10.6 Å². The van der Waals surface area contributed by atoms with Crippen molar-refractivity contribution >= 4 is 56.1 Å². The van der Waals surface area contributed by atoms with E-state index in [0.717, 1.165) is 37.2 Å². The number of nitrogens with one attached hydrogen (secondary N) is 2. The van der Waals surface area contributed by atoms with E-state index in [4.69, 9.17) is 0 Å². The Morgan fingerprint density at radius 3 is 2.61 bits per heavy atom. The molecule has 0 spiro atoms. The largest absolute Gasteiger partial charge is 0.346 e. The monoisotopic (exact) mass is 457 g/mol. The molecule has 0 fully saturated rings. The van der Waals surface area contributed by atoms with Crippen LogP contribution in [0.2, 0.25) is 0 Å². The van der Waals surface area contributed by atoms with Gasteiger partial charge in [0.1, 0.15) is 0 Å². The minimum absolute atomic E-state index is 0.0704. The fraction of sp³-hybridized carbons (Fsp3) is 0.190. The Labute approximate surface area is 176 Å². The summed E-state index contributed by atoms with van der Waals surface area (Å²) in [6.45, 7) is 3.87. The highest BCUT2D eigenvalue weighted by Gasteiger charge is 2.09. The number of halogens is 1. The SMILES string of the molecule is Cc1cc(Br)ccc1NC(=O)CNC(=O)CSc1cc(C)c2ccccc2n1. The van der Waals surface area contributed by atoms with Crippen LogP contribution in [0.5, 0.6) is 0 Å². The maximum Gasteiger partial charge on any atom is 0.243 e. The summed E-state index contributed by atoms with van der Waals surface area (Å²) < 4.78 is 0.950. The van der Waals surface area contributed by atoms with Gasteiger partial charge in [-0.1, -0.05) is 45.9 Å². The number of thioether (sulfide) groups is 1. The first-order valence-corrected chi connectivity index (χ1v) is 10.5. The quantitative estimate of drug-likeness (QED) is 0.535. The number of amides is 2. The summed E-state index contributed by atoms with van der Waals surface area (Å²) >= 11 is 4.75. The van der Waals surface area contributed by atoms with Crippen molar-refractivity contribution in [2.75, 3.05) is 17.6 Å². The van der Waals surface area contributed by atoms with Crippen LogP contribution in [0, 0.1) is 13.8 Å². The van der Waals surface area contributed by atoms with Gasteiger partial charge in [0.2, 0.25) is 11.8 Å². The molecule has 1 aromatic heterocycles. The first-order chi connectivity index (χ1) is 13.4. The van der Waals surface area contributed by atoms with Gasteiger partial charge in [-0.15, -0.1) is 0 Å². The lowest BCUT2D eigenvalue weighted by Gasteiger charge is -2.10. The van der Waals surface area contributed by atoms with Gasteiger partial charge in [-0.25, -0.2) is 4.98 Å². The Hall–Kier alpha value is -2.38. The summed E-state index contributed by atoms with van der Waals surface area (Å²) in [4.78, 5) is 28.7. The second-order valence-electron chi connectivity index (χ2n) is 6.37. The van der Waals surface area contributed by atoms with E-state index in [2.05, 4.69) is 31.5 Å². The van der Waals surface area contributed by atoms with Crippen molar-refractivity contribution in [1.29, 1.82) is 0 Å². The second kappa shape index (κ2) is 9.21. The first-order valence-electron chi connectivity index (χ1n) is 8.74. The van der Waals surface area contributed by atoms with Crippen LogP contribution in [0.15, 0.2) is 58.0 Å².